The lowest BCUT2D eigenvalue weighted by molar-refractivity contribution is 0.0899. The van der Waals surface area contributed by atoms with E-state index < -0.39 is 12.9 Å². The maximum absolute atomic E-state index is 6.66. The molecule has 1 fully saturated rings. The standard InChI is InChI=1S/C31H40ClN7O3Si/c1-19-34-23-12-11-20(15-25(23)41-19)22-17-39(18-40-13-14-43(4,5)6)28-26(22)29(42-21-9-7-8-10-21)37-30(36-28)35-24-16-33-38-27(24)31(2,3)32/h11-12,15-17,21H,7-10,13-14,18H2,1-6H3,(H,33,38)(H,35,36,37). The van der Waals surface area contributed by atoms with Crippen molar-refractivity contribution in [3.63, 3.8) is 0 Å². The number of ether oxygens (including phenoxy) is 2. The molecule has 4 heterocycles. The molecule has 0 bridgehead atoms. The Labute approximate surface area is 257 Å². The van der Waals surface area contributed by atoms with Crippen molar-refractivity contribution >= 4 is 53.4 Å². The number of aryl methyl sites for hydroxylation is 1. The Bertz CT molecular complexity index is 1740. The average Bonchev–Trinajstić information content (AvgIpc) is 3.72. The van der Waals surface area contributed by atoms with E-state index in [0.717, 1.165) is 70.7 Å². The fourth-order valence-electron chi connectivity index (χ4n) is 5.48. The first kappa shape index (κ1) is 29.6. The second-order valence-electron chi connectivity index (χ2n) is 13.1. The molecular formula is C31H40ClN7O3Si. The summed E-state index contributed by atoms with van der Waals surface area (Å²) in [5.74, 6) is 1.58. The van der Waals surface area contributed by atoms with E-state index >= 15 is 0 Å². The highest BCUT2D eigenvalue weighted by atomic mass is 35.5. The summed E-state index contributed by atoms with van der Waals surface area (Å²) < 4.78 is 20.8. The lowest BCUT2D eigenvalue weighted by Gasteiger charge is -2.18. The van der Waals surface area contributed by atoms with Crippen LogP contribution in [0.1, 0.15) is 51.1 Å². The van der Waals surface area contributed by atoms with E-state index in [1.54, 1.807) is 6.20 Å². The highest BCUT2D eigenvalue weighted by Crippen LogP contribution is 2.40. The molecule has 0 spiro atoms. The monoisotopic (exact) mass is 621 g/mol. The highest BCUT2D eigenvalue weighted by molar-refractivity contribution is 6.76. The number of alkyl halides is 1. The molecule has 0 aliphatic heterocycles. The zero-order valence-electron chi connectivity index (χ0n) is 25.8. The van der Waals surface area contributed by atoms with Crippen molar-refractivity contribution in [3.05, 3.63) is 42.2 Å². The van der Waals surface area contributed by atoms with Gasteiger partial charge in [0.15, 0.2) is 17.1 Å². The number of nitrogens with one attached hydrogen (secondary N) is 2. The second kappa shape index (κ2) is 11.6. The summed E-state index contributed by atoms with van der Waals surface area (Å²) in [4.78, 5) is 13.8. The van der Waals surface area contributed by atoms with Crippen LogP contribution in [0.25, 0.3) is 33.3 Å². The Morgan fingerprint density at radius 3 is 2.70 bits per heavy atom. The van der Waals surface area contributed by atoms with Crippen LogP contribution in [0.3, 0.4) is 0 Å². The first-order valence-electron chi connectivity index (χ1n) is 15.0. The number of halogens is 1. The zero-order chi connectivity index (χ0) is 30.4. The SMILES string of the molecule is Cc1nc2ccc(-c3cn(COCC[Si](C)(C)C)c4nc(Nc5cn[nH]c5C(C)(C)Cl)nc(OC5CCCC5)c34)cc2o1. The number of rotatable bonds is 11. The van der Waals surface area contributed by atoms with Gasteiger partial charge < -0.3 is 23.8 Å². The number of H-pyrrole nitrogens is 1. The van der Waals surface area contributed by atoms with E-state index in [-0.39, 0.29) is 6.10 Å². The molecule has 1 saturated carbocycles. The first-order valence-corrected chi connectivity index (χ1v) is 19.1. The Morgan fingerprint density at radius 2 is 1.95 bits per heavy atom. The molecule has 4 aromatic heterocycles. The molecule has 5 aromatic rings. The number of anilines is 2. The van der Waals surface area contributed by atoms with Gasteiger partial charge >= 0.3 is 0 Å². The summed E-state index contributed by atoms with van der Waals surface area (Å²) in [5.41, 5.74) is 5.65. The van der Waals surface area contributed by atoms with Crippen LogP contribution in [0.2, 0.25) is 25.7 Å². The fourth-order valence-corrected chi connectivity index (χ4v) is 6.38. The molecule has 0 radical (unpaired) electrons. The average molecular weight is 622 g/mol. The molecule has 10 nitrogen and oxygen atoms in total. The van der Waals surface area contributed by atoms with Crippen LogP contribution in [0.15, 0.2) is 35.0 Å². The predicted octanol–water partition coefficient (Wildman–Crippen LogP) is 8.12. The summed E-state index contributed by atoms with van der Waals surface area (Å²) in [7, 11) is -1.24. The Balaban J connectivity index is 1.48. The minimum absolute atomic E-state index is 0.0980. The number of aromatic amines is 1. The minimum Gasteiger partial charge on any atom is -0.474 e. The fraction of sp³-hybridized carbons (Fsp3) is 0.484. The van der Waals surface area contributed by atoms with Gasteiger partial charge in [0.2, 0.25) is 11.8 Å². The topological polar surface area (TPSA) is 116 Å². The van der Waals surface area contributed by atoms with E-state index in [2.05, 4.69) is 52.4 Å². The number of nitrogens with zero attached hydrogens (tertiary/aromatic N) is 5. The molecule has 1 aliphatic carbocycles. The van der Waals surface area contributed by atoms with Crippen LogP contribution in [-0.2, 0) is 16.3 Å². The summed E-state index contributed by atoms with van der Waals surface area (Å²) in [6.45, 7) is 13.8. The molecule has 0 saturated heterocycles. The summed E-state index contributed by atoms with van der Waals surface area (Å²) in [5, 5.41) is 11.4. The van der Waals surface area contributed by atoms with Crippen LogP contribution >= 0.6 is 11.6 Å². The third-order valence-electron chi connectivity index (χ3n) is 7.78. The van der Waals surface area contributed by atoms with Crippen molar-refractivity contribution in [3.8, 4) is 17.0 Å². The minimum atomic E-state index is -1.24. The molecule has 1 aromatic carbocycles. The second-order valence-corrected chi connectivity index (χ2v) is 19.7. The number of hydrogen-bond acceptors (Lipinski definition) is 8. The lowest BCUT2D eigenvalue weighted by Crippen LogP contribution is -2.22. The van der Waals surface area contributed by atoms with Crippen molar-refractivity contribution in [1.29, 1.82) is 0 Å². The molecular weight excluding hydrogens is 582 g/mol. The van der Waals surface area contributed by atoms with Crippen LogP contribution in [0.4, 0.5) is 11.6 Å². The quantitative estimate of drug-likeness (QED) is 0.0863. The van der Waals surface area contributed by atoms with E-state index in [1.165, 1.54) is 0 Å². The maximum atomic E-state index is 6.66. The van der Waals surface area contributed by atoms with Crippen molar-refractivity contribution in [2.24, 2.45) is 0 Å². The largest absolute Gasteiger partial charge is 0.474 e. The molecule has 0 atom stereocenters. The summed E-state index contributed by atoms with van der Waals surface area (Å²) in [6.07, 6.45) is 8.17. The van der Waals surface area contributed by atoms with Crippen LogP contribution in [-0.4, -0.2) is 50.5 Å². The van der Waals surface area contributed by atoms with Crippen LogP contribution in [0, 0.1) is 6.92 Å². The van der Waals surface area contributed by atoms with Crippen molar-refractivity contribution in [1.82, 2.24) is 29.7 Å². The van der Waals surface area contributed by atoms with Crippen molar-refractivity contribution in [2.45, 2.75) is 89.8 Å². The van der Waals surface area contributed by atoms with Gasteiger partial charge in [-0.15, -0.1) is 11.6 Å². The van der Waals surface area contributed by atoms with E-state index in [0.29, 0.717) is 36.7 Å². The van der Waals surface area contributed by atoms with E-state index in [4.69, 9.17) is 35.5 Å². The molecule has 12 heteroatoms. The third-order valence-corrected chi connectivity index (χ3v) is 9.67. The number of benzene rings is 1. The number of hydrogen-bond donors (Lipinski definition) is 2. The third kappa shape index (κ3) is 6.58. The Morgan fingerprint density at radius 1 is 1.16 bits per heavy atom. The molecule has 0 amide bonds. The van der Waals surface area contributed by atoms with Gasteiger partial charge in [-0.2, -0.15) is 15.1 Å². The number of fused-ring (bicyclic) bond motifs is 2. The van der Waals surface area contributed by atoms with Gasteiger partial charge in [0, 0.05) is 33.4 Å². The summed E-state index contributed by atoms with van der Waals surface area (Å²) >= 11 is 6.65. The van der Waals surface area contributed by atoms with Crippen molar-refractivity contribution < 1.29 is 13.9 Å². The van der Waals surface area contributed by atoms with Gasteiger partial charge in [-0.3, -0.25) is 5.10 Å². The van der Waals surface area contributed by atoms with Gasteiger partial charge in [-0.05, 0) is 63.3 Å². The number of oxazole rings is 1. The van der Waals surface area contributed by atoms with Crippen LogP contribution in [0.5, 0.6) is 5.88 Å². The Kier molecular flexibility index (Phi) is 7.99. The predicted molar refractivity (Wildman–Crippen MR) is 173 cm³/mol. The molecule has 228 valence electrons. The van der Waals surface area contributed by atoms with Gasteiger partial charge in [-0.25, -0.2) is 4.98 Å². The first-order chi connectivity index (χ1) is 20.4. The van der Waals surface area contributed by atoms with Gasteiger partial charge in [0.05, 0.1) is 27.8 Å². The molecule has 0 unspecified atom stereocenters. The van der Waals surface area contributed by atoms with Gasteiger partial charge in [-0.1, -0.05) is 25.7 Å². The zero-order valence-corrected chi connectivity index (χ0v) is 27.5. The van der Waals surface area contributed by atoms with Crippen LogP contribution < -0.4 is 10.1 Å². The smallest absolute Gasteiger partial charge is 0.232 e. The van der Waals surface area contributed by atoms with Crippen molar-refractivity contribution in [2.75, 3.05) is 11.9 Å². The Hall–Kier alpha value is -3.41. The molecule has 43 heavy (non-hydrogen) atoms. The van der Waals surface area contributed by atoms with Gasteiger partial charge in [0.25, 0.3) is 0 Å². The van der Waals surface area contributed by atoms with E-state index in [1.807, 2.05) is 37.5 Å². The molecule has 6 rings (SSSR count). The lowest BCUT2D eigenvalue weighted by atomic mass is 10.1. The normalized spacial score (nSPS) is 14.8. The van der Waals surface area contributed by atoms with E-state index in [9.17, 15) is 0 Å². The van der Waals surface area contributed by atoms with Gasteiger partial charge in [0.1, 0.15) is 18.4 Å². The maximum Gasteiger partial charge on any atom is 0.232 e. The summed E-state index contributed by atoms with van der Waals surface area (Å²) in [6, 6.07) is 7.14. The number of aromatic nitrogens is 6. The molecule has 2 N–H and O–H groups in total. The molecule has 1 aliphatic rings. The highest BCUT2D eigenvalue weighted by Gasteiger charge is 2.27.